The molecule has 0 atom stereocenters. The van der Waals surface area contributed by atoms with Gasteiger partial charge in [0.05, 0.1) is 30.8 Å². The number of hydrogen-bond acceptors (Lipinski definition) is 4. The second-order valence-electron chi connectivity index (χ2n) is 5.64. The molecule has 22 heavy (non-hydrogen) atoms. The van der Waals surface area contributed by atoms with Gasteiger partial charge in [-0.25, -0.2) is 4.98 Å². The molecule has 0 radical (unpaired) electrons. The van der Waals surface area contributed by atoms with Gasteiger partial charge in [-0.05, 0) is 37.5 Å². The molecule has 1 saturated carbocycles. The van der Waals surface area contributed by atoms with Gasteiger partial charge in [0.25, 0.3) is 0 Å². The maximum atomic E-state index is 12.6. The van der Waals surface area contributed by atoms with Crippen molar-refractivity contribution in [1.29, 1.82) is 0 Å². The van der Waals surface area contributed by atoms with Gasteiger partial charge in [0.15, 0.2) is 0 Å². The molecule has 0 aliphatic heterocycles. The highest BCUT2D eigenvalue weighted by atomic mass is 32.1. The van der Waals surface area contributed by atoms with E-state index in [4.69, 9.17) is 4.74 Å². The number of carbonyl (C=O) groups excluding carboxylic acids is 1. The van der Waals surface area contributed by atoms with Crippen LogP contribution in [0.15, 0.2) is 29.6 Å². The SMILES string of the molecule is COc1ccc(CC(=O)N(Cc2csc(C)n2)C2CC2)cc1. The smallest absolute Gasteiger partial charge is 0.227 e. The number of benzene rings is 1. The zero-order valence-corrected chi connectivity index (χ0v) is 13.7. The molecular weight excluding hydrogens is 296 g/mol. The molecule has 0 bridgehead atoms. The Morgan fingerprint density at radius 2 is 2.09 bits per heavy atom. The Morgan fingerprint density at radius 3 is 2.64 bits per heavy atom. The first kappa shape index (κ1) is 15.0. The van der Waals surface area contributed by atoms with E-state index < -0.39 is 0 Å². The van der Waals surface area contributed by atoms with Crippen LogP contribution in [0.4, 0.5) is 0 Å². The highest BCUT2D eigenvalue weighted by Crippen LogP contribution is 2.29. The number of rotatable bonds is 6. The molecule has 1 heterocycles. The molecular formula is C17H20N2O2S. The molecule has 1 aliphatic carbocycles. The fraction of sp³-hybridized carbons (Fsp3) is 0.412. The second-order valence-corrected chi connectivity index (χ2v) is 6.70. The molecule has 116 valence electrons. The lowest BCUT2D eigenvalue weighted by Crippen LogP contribution is -2.33. The summed E-state index contributed by atoms with van der Waals surface area (Å²) in [6, 6.07) is 8.10. The summed E-state index contributed by atoms with van der Waals surface area (Å²) in [5.41, 5.74) is 2.02. The summed E-state index contributed by atoms with van der Waals surface area (Å²) in [5, 5.41) is 3.10. The van der Waals surface area contributed by atoms with Crippen molar-refractivity contribution in [2.45, 2.75) is 38.8 Å². The van der Waals surface area contributed by atoms with Crippen LogP contribution in [0.1, 0.15) is 29.1 Å². The maximum Gasteiger partial charge on any atom is 0.227 e. The van der Waals surface area contributed by atoms with E-state index in [2.05, 4.69) is 4.98 Å². The number of thiazole rings is 1. The van der Waals surface area contributed by atoms with E-state index in [1.54, 1.807) is 18.4 Å². The fourth-order valence-corrected chi connectivity index (χ4v) is 3.09. The van der Waals surface area contributed by atoms with Crippen LogP contribution < -0.4 is 4.74 Å². The number of aryl methyl sites for hydroxylation is 1. The lowest BCUT2D eigenvalue weighted by molar-refractivity contribution is -0.131. The molecule has 4 nitrogen and oxygen atoms in total. The summed E-state index contributed by atoms with van der Waals surface area (Å²) < 4.78 is 5.15. The van der Waals surface area contributed by atoms with Crippen molar-refractivity contribution in [2.24, 2.45) is 0 Å². The fourth-order valence-electron chi connectivity index (χ4n) is 2.48. The monoisotopic (exact) mass is 316 g/mol. The number of hydrogen-bond donors (Lipinski definition) is 0. The lowest BCUT2D eigenvalue weighted by atomic mass is 10.1. The van der Waals surface area contributed by atoms with Gasteiger partial charge in [0, 0.05) is 11.4 Å². The van der Waals surface area contributed by atoms with Crippen LogP contribution >= 0.6 is 11.3 Å². The van der Waals surface area contributed by atoms with Crippen LogP contribution in [-0.4, -0.2) is 28.9 Å². The molecule has 0 saturated heterocycles. The van der Waals surface area contributed by atoms with Crippen molar-refractivity contribution in [1.82, 2.24) is 9.88 Å². The average molecular weight is 316 g/mol. The Hall–Kier alpha value is -1.88. The average Bonchev–Trinajstić information content (AvgIpc) is 3.28. The molecule has 1 aromatic heterocycles. The molecule has 1 amide bonds. The van der Waals surface area contributed by atoms with Gasteiger partial charge in [-0.3, -0.25) is 4.79 Å². The van der Waals surface area contributed by atoms with E-state index in [0.717, 1.165) is 34.9 Å². The summed E-state index contributed by atoms with van der Waals surface area (Å²) in [4.78, 5) is 19.1. The van der Waals surface area contributed by atoms with E-state index in [-0.39, 0.29) is 5.91 Å². The van der Waals surface area contributed by atoms with Crippen LogP contribution in [0.25, 0.3) is 0 Å². The van der Waals surface area contributed by atoms with Crippen molar-refractivity contribution in [3.8, 4) is 5.75 Å². The Kier molecular flexibility index (Phi) is 4.43. The first-order chi connectivity index (χ1) is 10.7. The number of nitrogens with zero attached hydrogens (tertiary/aromatic N) is 2. The lowest BCUT2D eigenvalue weighted by Gasteiger charge is -2.21. The number of ether oxygens (including phenoxy) is 1. The van der Waals surface area contributed by atoms with Crippen LogP contribution in [0, 0.1) is 6.92 Å². The van der Waals surface area contributed by atoms with E-state index in [1.807, 2.05) is 41.5 Å². The van der Waals surface area contributed by atoms with Crippen molar-refractivity contribution in [3.05, 3.63) is 45.9 Å². The van der Waals surface area contributed by atoms with E-state index in [0.29, 0.717) is 19.0 Å². The van der Waals surface area contributed by atoms with Gasteiger partial charge in [0.1, 0.15) is 5.75 Å². The highest BCUT2D eigenvalue weighted by Gasteiger charge is 2.32. The number of carbonyl (C=O) groups is 1. The number of methoxy groups -OCH3 is 1. The second kappa shape index (κ2) is 6.48. The predicted molar refractivity (Wildman–Crippen MR) is 87.1 cm³/mol. The van der Waals surface area contributed by atoms with Gasteiger partial charge >= 0.3 is 0 Å². The zero-order chi connectivity index (χ0) is 15.5. The zero-order valence-electron chi connectivity index (χ0n) is 12.9. The molecule has 0 spiro atoms. The third-order valence-corrected chi connectivity index (χ3v) is 4.64. The highest BCUT2D eigenvalue weighted by molar-refractivity contribution is 7.09. The molecule has 2 aromatic rings. The van der Waals surface area contributed by atoms with Crippen LogP contribution in [0.5, 0.6) is 5.75 Å². The molecule has 1 aromatic carbocycles. The summed E-state index contributed by atoms with van der Waals surface area (Å²) in [5.74, 6) is 0.992. The van der Waals surface area contributed by atoms with Gasteiger partial charge in [-0.15, -0.1) is 11.3 Å². The molecule has 5 heteroatoms. The summed E-state index contributed by atoms with van der Waals surface area (Å²) >= 11 is 1.64. The van der Waals surface area contributed by atoms with Crippen LogP contribution in [-0.2, 0) is 17.8 Å². The van der Waals surface area contributed by atoms with Crippen molar-refractivity contribution in [2.75, 3.05) is 7.11 Å². The largest absolute Gasteiger partial charge is 0.497 e. The summed E-state index contributed by atoms with van der Waals surface area (Å²) in [6.45, 7) is 2.62. The molecule has 0 unspecified atom stereocenters. The molecule has 1 aliphatic rings. The first-order valence-corrected chi connectivity index (χ1v) is 8.37. The minimum absolute atomic E-state index is 0.179. The topological polar surface area (TPSA) is 42.4 Å². The van der Waals surface area contributed by atoms with E-state index >= 15 is 0 Å². The number of amides is 1. The molecule has 3 rings (SSSR count). The Balaban J connectivity index is 1.66. The maximum absolute atomic E-state index is 12.6. The Morgan fingerprint density at radius 1 is 1.36 bits per heavy atom. The van der Waals surface area contributed by atoms with Crippen molar-refractivity contribution < 1.29 is 9.53 Å². The van der Waals surface area contributed by atoms with Crippen LogP contribution in [0.3, 0.4) is 0 Å². The van der Waals surface area contributed by atoms with Gasteiger partial charge in [-0.2, -0.15) is 0 Å². The normalized spacial score (nSPS) is 13.9. The predicted octanol–water partition coefficient (Wildman–Crippen LogP) is 3.19. The minimum Gasteiger partial charge on any atom is -0.497 e. The number of aromatic nitrogens is 1. The van der Waals surface area contributed by atoms with Gasteiger partial charge < -0.3 is 9.64 Å². The quantitative estimate of drug-likeness (QED) is 0.822. The first-order valence-electron chi connectivity index (χ1n) is 7.49. The van der Waals surface area contributed by atoms with Crippen molar-refractivity contribution in [3.63, 3.8) is 0 Å². The van der Waals surface area contributed by atoms with Crippen molar-refractivity contribution >= 4 is 17.2 Å². The van der Waals surface area contributed by atoms with E-state index in [1.165, 1.54) is 0 Å². The minimum atomic E-state index is 0.179. The summed E-state index contributed by atoms with van der Waals surface area (Å²) in [7, 11) is 1.64. The van der Waals surface area contributed by atoms with Gasteiger partial charge in [-0.1, -0.05) is 12.1 Å². The third-order valence-electron chi connectivity index (χ3n) is 3.82. The third kappa shape index (κ3) is 3.65. The van der Waals surface area contributed by atoms with E-state index in [9.17, 15) is 4.79 Å². The Labute approximate surface area is 134 Å². The molecule has 0 N–H and O–H groups in total. The standard InChI is InChI=1S/C17H20N2O2S/c1-12-18-14(11-22-12)10-19(15-5-6-15)17(20)9-13-3-7-16(21-2)8-4-13/h3-4,7-8,11,15H,5-6,9-10H2,1-2H3. The summed E-state index contributed by atoms with van der Waals surface area (Å²) in [6.07, 6.45) is 2.65. The van der Waals surface area contributed by atoms with Crippen LogP contribution in [0.2, 0.25) is 0 Å². The van der Waals surface area contributed by atoms with Gasteiger partial charge in [0.2, 0.25) is 5.91 Å². The Bertz CT molecular complexity index is 647. The molecule has 1 fully saturated rings.